The second-order valence-electron chi connectivity index (χ2n) is 12.0. The molecule has 2 aromatic carbocycles. The van der Waals surface area contributed by atoms with Gasteiger partial charge in [-0.2, -0.15) is 0 Å². The van der Waals surface area contributed by atoms with Crippen molar-refractivity contribution in [2.24, 2.45) is 0 Å². The molecule has 0 radical (unpaired) electrons. The van der Waals surface area contributed by atoms with Crippen LogP contribution in [0.2, 0.25) is 0 Å². The van der Waals surface area contributed by atoms with Crippen molar-refractivity contribution < 1.29 is 33.0 Å². The minimum Gasteiger partial charge on any atom is -0.493 e. The van der Waals surface area contributed by atoms with Crippen molar-refractivity contribution in [2.45, 2.75) is 32.0 Å². The molecule has 14 heteroatoms. The molecule has 2 fully saturated rings. The number of nitrogens with one attached hydrogen (secondary N) is 2. The Labute approximate surface area is 272 Å². The van der Waals surface area contributed by atoms with Gasteiger partial charge < -0.3 is 39.5 Å². The molecule has 47 heavy (non-hydrogen) atoms. The maximum atomic E-state index is 14.7. The summed E-state index contributed by atoms with van der Waals surface area (Å²) < 4.78 is 32.1. The Morgan fingerprint density at radius 2 is 1.89 bits per heavy atom. The average molecular weight is 648 g/mol. The summed E-state index contributed by atoms with van der Waals surface area (Å²) in [6, 6.07) is 8.19. The summed E-state index contributed by atoms with van der Waals surface area (Å²) in [4.78, 5) is 55.0. The van der Waals surface area contributed by atoms with Crippen LogP contribution in [-0.4, -0.2) is 110 Å². The number of aryl methyl sites for hydroxylation is 1. The fraction of sp³-hybridized carbons (Fsp3) is 0.424. The number of hydrogen-bond donors (Lipinski definition) is 2. The van der Waals surface area contributed by atoms with E-state index < -0.39 is 29.8 Å². The Morgan fingerprint density at radius 3 is 2.66 bits per heavy atom. The van der Waals surface area contributed by atoms with Gasteiger partial charge in [0.2, 0.25) is 5.95 Å². The zero-order valence-corrected chi connectivity index (χ0v) is 26.6. The molecule has 2 saturated heterocycles. The van der Waals surface area contributed by atoms with Crippen molar-refractivity contribution >= 4 is 23.7 Å². The number of methoxy groups -OCH3 is 1. The lowest BCUT2D eigenvalue weighted by atomic mass is 10.0. The lowest BCUT2D eigenvalue weighted by Crippen LogP contribution is -2.58. The largest absolute Gasteiger partial charge is 0.493 e. The van der Waals surface area contributed by atoms with Crippen molar-refractivity contribution in [3.05, 3.63) is 70.8 Å². The molecule has 248 valence electrons. The first kappa shape index (κ1) is 32.0. The molecule has 2 atom stereocenters. The number of rotatable bonds is 3. The van der Waals surface area contributed by atoms with E-state index in [1.165, 1.54) is 25.3 Å². The first-order valence-corrected chi connectivity index (χ1v) is 15.6. The summed E-state index contributed by atoms with van der Waals surface area (Å²) in [5, 5.41) is 5.72. The van der Waals surface area contributed by atoms with Gasteiger partial charge in [-0.15, -0.1) is 0 Å². The topological polar surface area (TPSA) is 138 Å². The lowest BCUT2D eigenvalue weighted by molar-refractivity contribution is -0.125. The maximum absolute atomic E-state index is 14.7. The van der Waals surface area contributed by atoms with Crippen LogP contribution in [0.25, 0.3) is 0 Å². The van der Waals surface area contributed by atoms with Crippen LogP contribution in [0, 0.1) is 12.7 Å². The van der Waals surface area contributed by atoms with Crippen LogP contribution in [-0.2, 0) is 11.3 Å². The van der Waals surface area contributed by atoms with E-state index in [1.807, 2.05) is 0 Å². The van der Waals surface area contributed by atoms with Crippen molar-refractivity contribution in [2.75, 3.05) is 64.9 Å². The number of likely N-dealkylation sites (tertiary alicyclic amines) is 1. The number of carbonyl (C=O) groups excluding carboxylic acids is 3. The first-order valence-electron chi connectivity index (χ1n) is 15.6. The molecule has 0 aliphatic carbocycles. The van der Waals surface area contributed by atoms with Crippen LogP contribution in [0.4, 0.5) is 10.3 Å². The average Bonchev–Trinajstić information content (AvgIpc) is 3.06. The standard InChI is InChI=1S/C33H38FN7O6/c1-20-25(17-36-33(37-20)40-10-8-39(2)9-11-40)32(44)41-7-6-27-26(18-41)38-30(42)19-46-29-14-22(4-5-28(29)45-3)31(43)35-16-21-12-23(34)15-24(13-21)47-27/h4-5,12-15,17,26-27H,6-11,16,18-19H2,1-3H3,(H,35,43)(H,38,42)/t26-,27+/m1/s1. The van der Waals surface area contributed by atoms with E-state index in [1.54, 1.807) is 36.2 Å². The van der Waals surface area contributed by atoms with Gasteiger partial charge in [-0.3, -0.25) is 14.4 Å². The Morgan fingerprint density at radius 1 is 1.09 bits per heavy atom. The third-order valence-corrected chi connectivity index (χ3v) is 8.62. The number of likely N-dealkylation sites (N-methyl/N-ethyl adjacent to an activating group) is 1. The van der Waals surface area contributed by atoms with Gasteiger partial charge in [0, 0.05) is 70.1 Å². The number of piperazine rings is 1. The van der Waals surface area contributed by atoms with Crippen LogP contribution < -0.4 is 29.7 Å². The van der Waals surface area contributed by atoms with E-state index in [2.05, 4.69) is 37.4 Å². The molecule has 4 bridgehead atoms. The molecular formula is C33H38FN7O6. The van der Waals surface area contributed by atoms with Gasteiger partial charge >= 0.3 is 0 Å². The predicted molar refractivity (Wildman–Crippen MR) is 169 cm³/mol. The smallest absolute Gasteiger partial charge is 0.258 e. The van der Waals surface area contributed by atoms with E-state index >= 15 is 0 Å². The van der Waals surface area contributed by atoms with Crippen LogP contribution >= 0.6 is 0 Å². The van der Waals surface area contributed by atoms with E-state index in [0.717, 1.165) is 26.2 Å². The Kier molecular flexibility index (Phi) is 9.38. The fourth-order valence-corrected chi connectivity index (χ4v) is 5.96. The number of hydrogen-bond acceptors (Lipinski definition) is 10. The molecule has 1 aromatic heterocycles. The SMILES string of the molecule is COc1ccc2cc1OCC(=O)N[C@@H]1CN(C(=O)c3cnc(N4CCN(C)CC4)nc3C)CC[C@@H]1Oc1cc(F)cc(c1)CNC2=O. The highest BCUT2D eigenvalue weighted by molar-refractivity contribution is 5.95. The lowest BCUT2D eigenvalue weighted by Gasteiger charge is -2.39. The second kappa shape index (κ2) is 13.8. The number of amides is 3. The van der Waals surface area contributed by atoms with E-state index in [9.17, 15) is 18.8 Å². The number of halogens is 1. The van der Waals surface area contributed by atoms with E-state index in [0.29, 0.717) is 41.5 Å². The van der Waals surface area contributed by atoms with Gasteiger partial charge in [0.15, 0.2) is 18.1 Å². The highest BCUT2D eigenvalue weighted by Gasteiger charge is 2.35. The highest BCUT2D eigenvalue weighted by Crippen LogP contribution is 2.29. The van der Waals surface area contributed by atoms with Gasteiger partial charge in [0.25, 0.3) is 17.7 Å². The molecule has 4 heterocycles. The first-order chi connectivity index (χ1) is 22.7. The number of piperidine rings is 1. The molecule has 3 aliphatic rings. The van der Waals surface area contributed by atoms with Gasteiger partial charge in [0.05, 0.1) is 24.4 Å². The molecule has 0 saturated carbocycles. The van der Waals surface area contributed by atoms with Crippen LogP contribution in [0.15, 0.2) is 42.6 Å². The highest BCUT2D eigenvalue weighted by atomic mass is 19.1. The zero-order valence-electron chi connectivity index (χ0n) is 26.6. The van der Waals surface area contributed by atoms with E-state index in [4.69, 9.17) is 14.2 Å². The maximum Gasteiger partial charge on any atom is 0.258 e. The molecule has 3 amide bonds. The van der Waals surface area contributed by atoms with Crippen molar-refractivity contribution in [1.29, 1.82) is 0 Å². The number of nitrogens with zero attached hydrogens (tertiary/aromatic N) is 5. The quantitative estimate of drug-likeness (QED) is 0.433. The summed E-state index contributed by atoms with van der Waals surface area (Å²) in [5.74, 6) is -0.274. The monoisotopic (exact) mass is 647 g/mol. The molecule has 0 unspecified atom stereocenters. The summed E-state index contributed by atoms with van der Waals surface area (Å²) in [7, 11) is 3.53. The summed E-state index contributed by atoms with van der Waals surface area (Å²) in [6.07, 6.45) is 1.34. The fourth-order valence-electron chi connectivity index (χ4n) is 5.96. The van der Waals surface area contributed by atoms with Gasteiger partial charge in [-0.1, -0.05) is 0 Å². The summed E-state index contributed by atoms with van der Waals surface area (Å²) >= 11 is 0. The molecule has 2 N–H and O–H groups in total. The normalized spacial score (nSPS) is 20.7. The third kappa shape index (κ3) is 7.38. The minimum absolute atomic E-state index is 0.0529. The number of carbonyl (C=O) groups is 3. The van der Waals surface area contributed by atoms with Crippen LogP contribution in [0.5, 0.6) is 17.2 Å². The number of aromatic nitrogens is 2. The van der Waals surface area contributed by atoms with Crippen molar-refractivity contribution in [3.8, 4) is 17.2 Å². The molecule has 3 aromatic rings. The van der Waals surface area contributed by atoms with E-state index in [-0.39, 0.29) is 42.7 Å². The number of fused-ring (bicyclic) bond motifs is 5. The molecule has 0 spiro atoms. The zero-order chi connectivity index (χ0) is 33.1. The van der Waals surface area contributed by atoms with Crippen LogP contribution in [0.3, 0.4) is 0 Å². The summed E-state index contributed by atoms with van der Waals surface area (Å²) in [6.45, 7) is 5.35. The molecule has 6 rings (SSSR count). The number of anilines is 1. The third-order valence-electron chi connectivity index (χ3n) is 8.62. The van der Waals surface area contributed by atoms with Crippen molar-refractivity contribution in [1.82, 2.24) is 30.4 Å². The minimum atomic E-state index is -0.651. The Balaban J connectivity index is 1.23. The van der Waals surface area contributed by atoms with Gasteiger partial charge in [-0.05, 0) is 49.9 Å². The number of benzene rings is 2. The molecule has 3 aliphatic heterocycles. The van der Waals surface area contributed by atoms with Gasteiger partial charge in [-0.25, -0.2) is 14.4 Å². The molecule has 13 nitrogen and oxygen atoms in total. The Hall–Kier alpha value is -4.98. The number of ether oxygens (including phenoxy) is 3. The van der Waals surface area contributed by atoms with Gasteiger partial charge in [0.1, 0.15) is 17.7 Å². The molecular weight excluding hydrogens is 609 g/mol. The second-order valence-corrected chi connectivity index (χ2v) is 12.0. The Bertz CT molecular complexity index is 1660. The predicted octanol–water partition coefficient (Wildman–Crippen LogP) is 1.79. The van der Waals surface area contributed by atoms with Crippen molar-refractivity contribution in [3.63, 3.8) is 0 Å². The summed E-state index contributed by atoms with van der Waals surface area (Å²) in [5.41, 5.74) is 1.73. The van der Waals surface area contributed by atoms with Crippen LogP contribution in [0.1, 0.15) is 38.4 Å².